The number of morpholine rings is 1. The lowest BCUT2D eigenvalue weighted by molar-refractivity contribution is -0.147. The molecule has 2 rings (SSSR count). The first-order valence-electron chi connectivity index (χ1n) is 6.64. The van der Waals surface area contributed by atoms with E-state index in [1.54, 1.807) is 0 Å². The van der Waals surface area contributed by atoms with Crippen LogP contribution < -0.4 is 5.32 Å². The van der Waals surface area contributed by atoms with Crippen molar-refractivity contribution in [2.45, 2.75) is 19.4 Å². The van der Waals surface area contributed by atoms with Crippen LogP contribution in [0.3, 0.4) is 0 Å². The van der Waals surface area contributed by atoms with Gasteiger partial charge in [0.25, 0.3) is 5.91 Å². The third-order valence-corrected chi connectivity index (χ3v) is 3.43. The van der Waals surface area contributed by atoms with Crippen molar-refractivity contribution in [3.63, 3.8) is 0 Å². The molecule has 5 heteroatoms. The number of hydrogen-bond donors (Lipinski definition) is 1. The molecule has 0 aromatic rings. The van der Waals surface area contributed by atoms with E-state index in [0.29, 0.717) is 13.2 Å². The Bertz CT molecular complexity index is 246. The third kappa shape index (κ3) is 3.40. The van der Waals surface area contributed by atoms with Gasteiger partial charge in [0.15, 0.2) is 0 Å². The largest absolute Gasteiger partial charge is 0.366 e. The molecule has 2 aliphatic rings. The molecule has 0 saturated carbocycles. The van der Waals surface area contributed by atoms with Crippen LogP contribution in [-0.2, 0) is 9.53 Å². The monoisotopic (exact) mass is 241 g/mol. The number of amides is 1. The maximum absolute atomic E-state index is 12.2. The van der Waals surface area contributed by atoms with Gasteiger partial charge in [-0.1, -0.05) is 6.92 Å². The molecule has 0 radical (unpaired) electrons. The van der Waals surface area contributed by atoms with Crippen molar-refractivity contribution >= 4 is 5.91 Å². The zero-order valence-electron chi connectivity index (χ0n) is 10.7. The number of carbonyl (C=O) groups is 1. The lowest BCUT2D eigenvalue weighted by atomic mass is 10.2. The summed E-state index contributed by atoms with van der Waals surface area (Å²) >= 11 is 0. The Balaban J connectivity index is 1.77. The molecule has 98 valence electrons. The standard InChI is InChI=1S/C12H23N3O2/c1-2-4-14-5-7-15(8-6-14)12(16)11-10-13-3-9-17-11/h11,13H,2-10H2,1H3. The highest BCUT2D eigenvalue weighted by atomic mass is 16.5. The van der Waals surface area contributed by atoms with Crippen molar-refractivity contribution in [2.24, 2.45) is 0 Å². The molecular weight excluding hydrogens is 218 g/mol. The maximum Gasteiger partial charge on any atom is 0.253 e. The van der Waals surface area contributed by atoms with Crippen LogP contribution >= 0.6 is 0 Å². The predicted molar refractivity (Wildman–Crippen MR) is 65.9 cm³/mol. The average molecular weight is 241 g/mol. The van der Waals surface area contributed by atoms with Crippen LogP contribution in [0.4, 0.5) is 0 Å². The Morgan fingerprint density at radius 2 is 2.12 bits per heavy atom. The van der Waals surface area contributed by atoms with Gasteiger partial charge >= 0.3 is 0 Å². The van der Waals surface area contributed by atoms with Crippen LogP contribution in [0.2, 0.25) is 0 Å². The first kappa shape index (κ1) is 12.8. The van der Waals surface area contributed by atoms with Gasteiger partial charge in [-0.15, -0.1) is 0 Å². The van der Waals surface area contributed by atoms with E-state index in [2.05, 4.69) is 17.1 Å². The fourth-order valence-corrected chi connectivity index (χ4v) is 2.44. The van der Waals surface area contributed by atoms with Crippen molar-refractivity contribution in [1.29, 1.82) is 0 Å². The fourth-order valence-electron chi connectivity index (χ4n) is 2.44. The van der Waals surface area contributed by atoms with E-state index in [0.717, 1.165) is 39.3 Å². The van der Waals surface area contributed by atoms with Gasteiger partial charge < -0.3 is 15.0 Å². The van der Waals surface area contributed by atoms with Gasteiger partial charge in [0.05, 0.1) is 6.61 Å². The molecule has 1 atom stereocenters. The van der Waals surface area contributed by atoms with Gasteiger partial charge in [0.2, 0.25) is 0 Å². The second-order valence-electron chi connectivity index (χ2n) is 4.73. The van der Waals surface area contributed by atoms with Crippen LogP contribution in [0.1, 0.15) is 13.3 Å². The second kappa shape index (κ2) is 6.33. The molecule has 0 aromatic heterocycles. The van der Waals surface area contributed by atoms with Gasteiger partial charge in [-0.25, -0.2) is 0 Å². The molecule has 2 saturated heterocycles. The highest BCUT2D eigenvalue weighted by Crippen LogP contribution is 2.07. The van der Waals surface area contributed by atoms with E-state index >= 15 is 0 Å². The summed E-state index contributed by atoms with van der Waals surface area (Å²) in [5, 5.41) is 3.20. The molecular formula is C12H23N3O2. The molecule has 1 amide bonds. The summed E-state index contributed by atoms with van der Waals surface area (Å²) in [5.74, 6) is 0.161. The first-order chi connectivity index (χ1) is 8.31. The number of carbonyl (C=O) groups excluding carboxylic acids is 1. The normalized spacial score (nSPS) is 27.1. The van der Waals surface area contributed by atoms with Crippen LogP contribution in [-0.4, -0.2) is 74.2 Å². The highest BCUT2D eigenvalue weighted by molar-refractivity contribution is 5.81. The summed E-state index contributed by atoms with van der Waals surface area (Å²) in [6.07, 6.45) is 0.922. The number of nitrogens with zero attached hydrogens (tertiary/aromatic N) is 2. The van der Waals surface area contributed by atoms with Crippen molar-refractivity contribution in [3.8, 4) is 0 Å². The van der Waals surface area contributed by atoms with Gasteiger partial charge in [-0.3, -0.25) is 9.69 Å². The van der Waals surface area contributed by atoms with Crippen LogP contribution in [0.15, 0.2) is 0 Å². The number of piperazine rings is 1. The summed E-state index contributed by atoms with van der Waals surface area (Å²) in [4.78, 5) is 16.5. The molecule has 2 heterocycles. The lowest BCUT2D eigenvalue weighted by Crippen LogP contribution is -2.55. The summed E-state index contributed by atoms with van der Waals surface area (Å²) in [5.41, 5.74) is 0. The quantitative estimate of drug-likeness (QED) is 0.725. The molecule has 1 unspecified atom stereocenters. The Kier molecular flexibility index (Phi) is 4.76. The summed E-state index contributed by atoms with van der Waals surface area (Å²) in [6.45, 7) is 9.19. The minimum atomic E-state index is -0.263. The molecule has 0 aliphatic carbocycles. The van der Waals surface area contributed by atoms with Gasteiger partial charge in [0.1, 0.15) is 6.10 Å². The van der Waals surface area contributed by atoms with Crippen LogP contribution in [0, 0.1) is 0 Å². The molecule has 2 aliphatic heterocycles. The average Bonchev–Trinajstić information content (AvgIpc) is 2.40. The van der Waals surface area contributed by atoms with E-state index in [-0.39, 0.29) is 12.0 Å². The van der Waals surface area contributed by atoms with Gasteiger partial charge in [-0.05, 0) is 13.0 Å². The Morgan fingerprint density at radius 1 is 1.35 bits per heavy atom. The van der Waals surface area contributed by atoms with Crippen LogP contribution in [0.5, 0.6) is 0 Å². The minimum absolute atomic E-state index is 0.161. The SMILES string of the molecule is CCCN1CCN(C(=O)C2CNCCO2)CC1. The maximum atomic E-state index is 12.2. The highest BCUT2D eigenvalue weighted by Gasteiger charge is 2.28. The topological polar surface area (TPSA) is 44.8 Å². The van der Waals surface area contributed by atoms with Crippen LogP contribution in [0.25, 0.3) is 0 Å². The van der Waals surface area contributed by atoms with E-state index < -0.39 is 0 Å². The molecule has 2 fully saturated rings. The second-order valence-corrected chi connectivity index (χ2v) is 4.73. The molecule has 5 nitrogen and oxygen atoms in total. The zero-order valence-corrected chi connectivity index (χ0v) is 10.7. The van der Waals surface area contributed by atoms with Crippen molar-refractivity contribution in [3.05, 3.63) is 0 Å². The summed E-state index contributed by atoms with van der Waals surface area (Å²) in [7, 11) is 0. The molecule has 0 bridgehead atoms. The minimum Gasteiger partial charge on any atom is -0.366 e. The van der Waals surface area contributed by atoms with Gasteiger partial charge in [0, 0.05) is 39.3 Å². The lowest BCUT2D eigenvalue weighted by Gasteiger charge is -2.37. The molecule has 0 spiro atoms. The van der Waals surface area contributed by atoms with Crippen molar-refractivity contribution < 1.29 is 9.53 Å². The summed E-state index contributed by atoms with van der Waals surface area (Å²) < 4.78 is 5.50. The van der Waals surface area contributed by atoms with Crippen molar-refractivity contribution in [2.75, 3.05) is 52.4 Å². The predicted octanol–water partition coefficient (Wildman–Crippen LogP) is -0.471. The summed E-state index contributed by atoms with van der Waals surface area (Å²) in [6, 6.07) is 0. The first-order valence-corrected chi connectivity index (χ1v) is 6.64. The number of hydrogen-bond acceptors (Lipinski definition) is 4. The molecule has 0 aromatic carbocycles. The Hall–Kier alpha value is -0.650. The zero-order chi connectivity index (χ0) is 12.1. The third-order valence-electron chi connectivity index (χ3n) is 3.43. The van der Waals surface area contributed by atoms with Gasteiger partial charge in [-0.2, -0.15) is 0 Å². The van der Waals surface area contributed by atoms with E-state index in [9.17, 15) is 4.79 Å². The Morgan fingerprint density at radius 3 is 2.71 bits per heavy atom. The molecule has 17 heavy (non-hydrogen) atoms. The van der Waals surface area contributed by atoms with E-state index in [4.69, 9.17) is 4.74 Å². The van der Waals surface area contributed by atoms with E-state index in [1.165, 1.54) is 6.42 Å². The fraction of sp³-hybridized carbons (Fsp3) is 0.917. The smallest absolute Gasteiger partial charge is 0.253 e. The number of nitrogens with one attached hydrogen (secondary N) is 1. The van der Waals surface area contributed by atoms with Crippen molar-refractivity contribution in [1.82, 2.24) is 15.1 Å². The number of rotatable bonds is 3. The Labute approximate surface area is 103 Å². The van der Waals surface area contributed by atoms with E-state index in [1.807, 2.05) is 4.90 Å². The molecule has 1 N–H and O–H groups in total. The number of ether oxygens (including phenoxy) is 1.